The lowest BCUT2D eigenvalue weighted by atomic mass is 9.97. The first kappa shape index (κ1) is 12.2. The summed E-state index contributed by atoms with van der Waals surface area (Å²) in [5.41, 5.74) is 1.02. The smallest absolute Gasteiger partial charge is 0.0818 e. The zero-order valence-corrected chi connectivity index (χ0v) is 11.8. The van der Waals surface area contributed by atoms with Gasteiger partial charge in [0.1, 0.15) is 0 Å². The summed E-state index contributed by atoms with van der Waals surface area (Å²) in [6, 6.07) is 16.5. The number of aliphatic hydroxyl groups is 1. The molecule has 3 aromatic rings. The van der Waals surface area contributed by atoms with Crippen molar-refractivity contribution in [1.82, 2.24) is 0 Å². The third-order valence-electron chi connectivity index (χ3n) is 4.24. The van der Waals surface area contributed by atoms with Crippen molar-refractivity contribution in [2.45, 2.75) is 18.9 Å². The minimum atomic E-state index is -0.325. The topological polar surface area (TPSA) is 20.2 Å². The fourth-order valence-corrected chi connectivity index (χ4v) is 3.08. The second kappa shape index (κ2) is 4.47. The minimum Gasteiger partial charge on any atom is -0.388 e. The molecule has 1 fully saturated rings. The quantitative estimate of drug-likeness (QED) is 0.649. The zero-order valence-electron chi connectivity index (χ0n) is 11.0. The van der Waals surface area contributed by atoms with E-state index in [2.05, 4.69) is 24.3 Å². The molecule has 0 spiro atoms. The predicted octanol–water partition coefficient (Wildman–Crippen LogP) is 5.09. The van der Waals surface area contributed by atoms with Crippen LogP contribution in [0.3, 0.4) is 0 Å². The van der Waals surface area contributed by atoms with Crippen LogP contribution in [0.1, 0.15) is 24.5 Å². The summed E-state index contributed by atoms with van der Waals surface area (Å²) < 4.78 is 0. The fourth-order valence-electron chi connectivity index (χ4n) is 2.91. The van der Waals surface area contributed by atoms with Gasteiger partial charge in [0.05, 0.1) is 6.10 Å². The molecule has 1 atom stereocenters. The molecule has 4 rings (SSSR count). The molecule has 100 valence electrons. The summed E-state index contributed by atoms with van der Waals surface area (Å²) in [4.78, 5) is 0. The molecule has 1 saturated carbocycles. The summed E-state index contributed by atoms with van der Waals surface area (Å²) in [6.45, 7) is 0. The van der Waals surface area contributed by atoms with Gasteiger partial charge in [-0.2, -0.15) is 0 Å². The van der Waals surface area contributed by atoms with Crippen LogP contribution in [0.15, 0.2) is 48.5 Å². The van der Waals surface area contributed by atoms with Crippen LogP contribution in [0.25, 0.3) is 21.5 Å². The average molecular weight is 283 g/mol. The predicted molar refractivity (Wildman–Crippen MR) is 84.1 cm³/mol. The van der Waals surface area contributed by atoms with E-state index >= 15 is 0 Å². The highest BCUT2D eigenvalue weighted by Crippen LogP contribution is 2.41. The van der Waals surface area contributed by atoms with Gasteiger partial charge in [-0.25, -0.2) is 0 Å². The van der Waals surface area contributed by atoms with E-state index in [0.717, 1.165) is 28.8 Å². The van der Waals surface area contributed by atoms with Crippen molar-refractivity contribution >= 4 is 33.1 Å². The Labute approximate surface area is 122 Å². The Morgan fingerprint density at radius 2 is 1.50 bits per heavy atom. The van der Waals surface area contributed by atoms with E-state index in [4.69, 9.17) is 11.6 Å². The van der Waals surface area contributed by atoms with Crippen molar-refractivity contribution in [1.29, 1.82) is 0 Å². The summed E-state index contributed by atoms with van der Waals surface area (Å²) in [5.74, 6) is 0.450. The summed E-state index contributed by atoms with van der Waals surface area (Å²) >= 11 is 6.13. The van der Waals surface area contributed by atoms with Crippen LogP contribution < -0.4 is 0 Å². The van der Waals surface area contributed by atoms with E-state index in [0.29, 0.717) is 5.92 Å². The minimum absolute atomic E-state index is 0.325. The normalized spacial score (nSPS) is 16.7. The standard InChI is InChI=1S/C18H15ClO/c19-15-8-7-12-2-1-11-3-6-14(18(20)13-4-5-13)9-16(11)17(12)10-15/h1-3,6-10,13,18,20H,4-5H2/t18-/m0/s1. The van der Waals surface area contributed by atoms with Crippen molar-refractivity contribution in [3.63, 3.8) is 0 Å². The van der Waals surface area contributed by atoms with E-state index in [1.165, 1.54) is 16.2 Å². The highest BCUT2D eigenvalue weighted by molar-refractivity contribution is 6.31. The highest BCUT2D eigenvalue weighted by Gasteiger charge is 2.30. The van der Waals surface area contributed by atoms with E-state index in [-0.39, 0.29) is 6.10 Å². The van der Waals surface area contributed by atoms with Crippen LogP contribution in [0.5, 0.6) is 0 Å². The number of halogens is 1. The molecule has 0 aliphatic heterocycles. The molecule has 1 aliphatic rings. The molecular weight excluding hydrogens is 268 g/mol. The molecule has 0 aromatic heterocycles. The lowest BCUT2D eigenvalue weighted by Crippen LogP contribution is -1.99. The SMILES string of the molecule is O[C@H](c1ccc2ccc3ccc(Cl)cc3c2c1)C1CC1. The molecule has 0 bridgehead atoms. The molecule has 0 amide bonds. The molecule has 1 aliphatic carbocycles. The Balaban J connectivity index is 1.98. The molecule has 0 saturated heterocycles. The van der Waals surface area contributed by atoms with Crippen LogP contribution >= 0.6 is 11.6 Å². The molecule has 20 heavy (non-hydrogen) atoms. The molecule has 0 unspecified atom stereocenters. The van der Waals surface area contributed by atoms with Gasteiger partial charge in [-0.15, -0.1) is 0 Å². The Morgan fingerprint density at radius 1 is 0.900 bits per heavy atom. The van der Waals surface area contributed by atoms with Crippen LogP contribution in [0.2, 0.25) is 5.02 Å². The van der Waals surface area contributed by atoms with Crippen LogP contribution in [-0.2, 0) is 0 Å². The lowest BCUT2D eigenvalue weighted by molar-refractivity contribution is 0.154. The highest BCUT2D eigenvalue weighted by atomic mass is 35.5. The summed E-state index contributed by atoms with van der Waals surface area (Å²) in [5, 5.41) is 15.8. The molecule has 2 heteroatoms. The van der Waals surface area contributed by atoms with Gasteiger partial charge in [-0.1, -0.05) is 41.9 Å². The van der Waals surface area contributed by atoms with E-state index in [1.54, 1.807) is 0 Å². The van der Waals surface area contributed by atoms with E-state index < -0.39 is 0 Å². The first-order valence-corrected chi connectivity index (χ1v) is 7.40. The molecule has 3 aromatic carbocycles. The summed E-state index contributed by atoms with van der Waals surface area (Å²) in [7, 11) is 0. The third kappa shape index (κ3) is 1.98. The average Bonchev–Trinajstić information content (AvgIpc) is 3.30. The van der Waals surface area contributed by atoms with Gasteiger partial charge in [-0.05, 0) is 64.1 Å². The molecule has 0 radical (unpaired) electrons. The van der Waals surface area contributed by atoms with Crippen LogP contribution in [0.4, 0.5) is 0 Å². The van der Waals surface area contributed by atoms with E-state index in [9.17, 15) is 5.11 Å². The Morgan fingerprint density at radius 3 is 2.20 bits per heavy atom. The maximum atomic E-state index is 10.3. The van der Waals surface area contributed by atoms with Crippen molar-refractivity contribution in [2.75, 3.05) is 0 Å². The van der Waals surface area contributed by atoms with Gasteiger partial charge in [-0.3, -0.25) is 0 Å². The number of hydrogen-bond donors (Lipinski definition) is 1. The van der Waals surface area contributed by atoms with Crippen LogP contribution in [-0.4, -0.2) is 5.11 Å². The second-order valence-electron chi connectivity index (χ2n) is 5.69. The lowest BCUT2D eigenvalue weighted by Gasteiger charge is -2.12. The number of hydrogen-bond acceptors (Lipinski definition) is 1. The maximum absolute atomic E-state index is 10.3. The van der Waals surface area contributed by atoms with Crippen LogP contribution in [0, 0.1) is 5.92 Å². The Hall–Kier alpha value is -1.57. The number of fused-ring (bicyclic) bond motifs is 3. The first-order valence-electron chi connectivity index (χ1n) is 7.02. The van der Waals surface area contributed by atoms with Crippen molar-refractivity contribution in [3.05, 3.63) is 59.1 Å². The molecule has 1 N–H and O–H groups in total. The number of rotatable bonds is 2. The first-order chi connectivity index (χ1) is 9.72. The monoisotopic (exact) mass is 282 g/mol. The third-order valence-corrected chi connectivity index (χ3v) is 4.47. The van der Waals surface area contributed by atoms with Gasteiger partial charge in [0.15, 0.2) is 0 Å². The van der Waals surface area contributed by atoms with Gasteiger partial charge in [0.25, 0.3) is 0 Å². The van der Waals surface area contributed by atoms with Gasteiger partial charge in [0.2, 0.25) is 0 Å². The molecule has 1 nitrogen and oxygen atoms in total. The summed E-state index contributed by atoms with van der Waals surface area (Å²) in [6.07, 6.45) is 1.95. The van der Waals surface area contributed by atoms with Gasteiger partial charge >= 0.3 is 0 Å². The zero-order chi connectivity index (χ0) is 13.7. The second-order valence-corrected chi connectivity index (χ2v) is 6.13. The van der Waals surface area contributed by atoms with Gasteiger partial charge < -0.3 is 5.11 Å². The molecular formula is C18H15ClO. The number of aliphatic hydroxyl groups excluding tert-OH is 1. The fraction of sp³-hybridized carbons (Fsp3) is 0.222. The maximum Gasteiger partial charge on any atom is 0.0818 e. The van der Waals surface area contributed by atoms with Crippen molar-refractivity contribution < 1.29 is 5.11 Å². The van der Waals surface area contributed by atoms with Gasteiger partial charge in [0, 0.05) is 5.02 Å². The van der Waals surface area contributed by atoms with E-state index in [1.807, 2.05) is 24.3 Å². The molecule has 0 heterocycles. The van der Waals surface area contributed by atoms with Crippen molar-refractivity contribution in [2.24, 2.45) is 5.92 Å². The Bertz CT molecular complexity index is 805. The largest absolute Gasteiger partial charge is 0.388 e. The number of benzene rings is 3. The Kier molecular flexibility index (Phi) is 2.73. The van der Waals surface area contributed by atoms with Crippen molar-refractivity contribution in [3.8, 4) is 0 Å².